The molecule has 18 heavy (non-hydrogen) atoms. The first-order valence-corrected chi connectivity index (χ1v) is 7.25. The number of rotatable bonds is 4. The van der Waals surface area contributed by atoms with E-state index in [0.29, 0.717) is 18.2 Å². The molecule has 2 fully saturated rings. The zero-order chi connectivity index (χ0) is 12.4. The van der Waals surface area contributed by atoms with E-state index in [9.17, 15) is 0 Å². The Morgan fingerprint density at radius 3 is 2.67 bits per heavy atom. The second-order valence-electron chi connectivity index (χ2n) is 5.78. The van der Waals surface area contributed by atoms with Crippen LogP contribution in [0, 0.1) is 0 Å². The van der Waals surface area contributed by atoms with E-state index < -0.39 is 0 Å². The Morgan fingerprint density at radius 2 is 2.00 bits per heavy atom. The third-order valence-electron chi connectivity index (χ3n) is 4.43. The highest BCUT2D eigenvalue weighted by atomic mass is 16.5. The molecule has 2 atom stereocenters. The maximum absolute atomic E-state index is 5.73. The van der Waals surface area contributed by atoms with E-state index in [4.69, 9.17) is 4.74 Å². The minimum Gasteiger partial charge on any atom is -0.377 e. The molecule has 1 saturated carbocycles. The largest absolute Gasteiger partial charge is 0.377 e. The van der Waals surface area contributed by atoms with E-state index in [1.807, 2.05) is 0 Å². The van der Waals surface area contributed by atoms with Gasteiger partial charge in [-0.3, -0.25) is 0 Å². The first-order chi connectivity index (χ1) is 8.83. The highest BCUT2D eigenvalue weighted by Crippen LogP contribution is 2.37. The first-order valence-electron chi connectivity index (χ1n) is 7.25. The van der Waals surface area contributed by atoms with Crippen LogP contribution < -0.4 is 5.32 Å². The molecule has 1 aliphatic heterocycles. The third kappa shape index (κ3) is 2.60. The standard InChI is InChI=1S/C16H23NO/c1-12(16-8-5-9-18-16)17-15-10-14(11-15)13-6-3-2-4-7-13/h2-4,6-7,12,14-17H,5,8-11H2,1H3. The number of hydrogen-bond donors (Lipinski definition) is 1. The molecule has 2 aliphatic rings. The molecule has 0 radical (unpaired) electrons. The van der Waals surface area contributed by atoms with Crippen LogP contribution in [0.3, 0.4) is 0 Å². The van der Waals surface area contributed by atoms with Gasteiger partial charge in [-0.2, -0.15) is 0 Å². The van der Waals surface area contributed by atoms with Gasteiger partial charge in [0.2, 0.25) is 0 Å². The van der Waals surface area contributed by atoms with Crippen molar-refractivity contribution in [3.63, 3.8) is 0 Å². The van der Waals surface area contributed by atoms with Crippen molar-refractivity contribution in [1.29, 1.82) is 0 Å². The summed E-state index contributed by atoms with van der Waals surface area (Å²) in [5, 5.41) is 3.73. The average Bonchev–Trinajstić information content (AvgIpc) is 2.88. The second kappa shape index (κ2) is 5.41. The lowest BCUT2D eigenvalue weighted by atomic mass is 9.75. The normalized spacial score (nSPS) is 33.1. The smallest absolute Gasteiger partial charge is 0.0726 e. The molecule has 2 nitrogen and oxygen atoms in total. The number of ether oxygens (including phenoxy) is 1. The molecule has 0 bridgehead atoms. The Balaban J connectivity index is 1.45. The highest BCUT2D eigenvalue weighted by molar-refractivity contribution is 5.22. The van der Waals surface area contributed by atoms with Crippen molar-refractivity contribution in [2.45, 2.75) is 56.7 Å². The topological polar surface area (TPSA) is 21.3 Å². The van der Waals surface area contributed by atoms with Gasteiger partial charge in [-0.15, -0.1) is 0 Å². The lowest BCUT2D eigenvalue weighted by Crippen LogP contribution is -2.48. The van der Waals surface area contributed by atoms with Crippen molar-refractivity contribution < 1.29 is 4.74 Å². The van der Waals surface area contributed by atoms with Crippen molar-refractivity contribution >= 4 is 0 Å². The number of nitrogens with one attached hydrogen (secondary N) is 1. The Bertz CT molecular complexity index is 366. The molecule has 0 amide bonds. The van der Waals surface area contributed by atoms with E-state index in [1.165, 1.54) is 31.2 Å². The van der Waals surface area contributed by atoms with Crippen molar-refractivity contribution in [3.8, 4) is 0 Å². The quantitative estimate of drug-likeness (QED) is 0.880. The molecule has 2 unspecified atom stereocenters. The summed E-state index contributed by atoms with van der Waals surface area (Å²) < 4.78 is 5.73. The van der Waals surface area contributed by atoms with Crippen molar-refractivity contribution in [2.24, 2.45) is 0 Å². The van der Waals surface area contributed by atoms with Crippen LogP contribution in [0.4, 0.5) is 0 Å². The van der Waals surface area contributed by atoms with Gasteiger partial charge in [0.1, 0.15) is 0 Å². The van der Waals surface area contributed by atoms with Gasteiger partial charge in [-0.1, -0.05) is 30.3 Å². The fourth-order valence-electron chi connectivity index (χ4n) is 3.23. The molecule has 0 aromatic heterocycles. The summed E-state index contributed by atoms with van der Waals surface area (Å²) in [6.45, 7) is 3.22. The predicted octanol–water partition coefficient (Wildman–Crippen LogP) is 3.09. The van der Waals surface area contributed by atoms with Crippen molar-refractivity contribution in [1.82, 2.24) is 5.32 Å². The summed E-state index contributed by atoms with van der Waals surface area (Å²) in [4.78, 5) is 0. The van der Waals surface area contributed by atoms with Gasteiger partial charge in [-0.05, 0) is 44.1 Å². The minimum absolute atomic E-state index is 0.445. The summed E-state index contributed by atoms with van der Waals surface area (Å²) in [5.41, 5.74) is 1.50. The molecule has 3 rings (SSSR count). The summed E-state index contributed by atoms with van der Waals surface area (Å²) >= 11 is 0. The summed E-state index contributed by atoms with van der Waals surface area (Å²) in [6, 6.07) is 12.1. The number of hydrogen-bond acceptors (Lipinski definition) is 2. The van der Waals surface area contributed by atoms with Crippen LogP contribution in [0.2, 0.25) is 0 Å². The Hall–Kier alpha value is -0.860. The molecular formula is C16H23NO. The predicted molar refractivity (Wildman–Crippen MR) is 73.8 cm³/mol. The Kier molecular flexibility index (Phi) is 3.67. The molecule has 0 spiro atoms. The van der Waals surface area contributed by atoms with Gasteiger partial charge in [0.15, 0.2) is 0 Å². The van der Waals surface area contributed by atoms with Gasteiger partial charge in [0.25, 0.3) is 0 Å². The summed E-state index contributed by atoms with van der Waals surface area (Å²) in [5.74, 6) is 0.764. The van der Waals surface area contributed by atoms with Gasteiger partial charge >= 0.3 is 0 Å². The van der Waals surface area contributed by atoms with Crippen LogP contribution >= 0.6 is 0 Å². The van der Waals surface area contributed by atoms with E-state index >= 15 is 0 Å². The molecule has 1 aliphatic carbocycles. The molecular weight excluding hydrogens is 222 g/mol. The zero-order valence-electron chi connectivity index (χ0n) is 11.1. The maximum atomic E-state index is 5.73. The monoisotopic (exact) mass is 245 g/mol. The van der Waals surface area contributed by atoms with Crippen molar-refractivity contribution in [2.75, 3.05) is 6.61 Å². The van der Waals surface area contributed by atoms with Crippen LogP contribution in [0.1, 0.15) is 44.1 Å². The summed E-state index contributed by atoms with van der Waals surface area (Å²) in [6.07, 6.45) is 5.46. The van der Waals surface area contributed by atoms with Crippen LogP contribution in [0.5, 0.6) is 0 Å². The van der Waals surface area contributed by atoms with Gasteiger partial charge in [0, 0.05) is 18.7 Å². The molecule has 98 valence electrons. The highest BCUT2D eigenvalue weighted by Gasteiger charge is 2.33. The van der Waals surface area contributed by atoms with Crippen LogP contribution in [0.15, 0.2) is 30.3 Å². The molecule has 1 N–H and O–H groups in total. The van der Waals surface area contributed by atoms with E-state index in [0.717, 1.165) is 12.5 Å². The minimum atomic E-state index is 0.445. The lowest BCUT2D eigenvalue weighted by Gasteiger charge is -2.39. The summed E-state index contributed by atoms with van der Waals surface area (Å²) in [7, 11) is 0. The molecule has 1 aromatic carbocycles. The van der Waals surface area contributed by atoms with Gasteiger partial charge in [-0.25, -0.2) is 0 Å². The van der Waals surface area contributed by atoms with E-state index in [2.05, 4.69) is 42.6 Å². The van der Waals surface area contributed by atoms with Crippen LogP contribution in [-0.2, 0) is 4.74 Å². The zero-order valence-corrected chi connectivity index (χ0v) is 11.1. The molecule has 2 heteroatoms. The Morgan fingerprint density at radius 1 is 1.22 bits per heavy atom. The van der Waals surface area contributed by atoms with Gasteiger partial charge in [0.05, 0.1) is 6.10 Å². The maximum Gasteiger partial charge on any atom is 0.0726 e. The van der Waals surface area contributed by atoms with E-state index in [-0.39, 0.29) is 0 Å². The fourth-order valence-corrected chi connectivity index (χ4v) is 3.23. The Labute approximate surface area is 110 Å². The second-order valence-corrected chi connectivity index (χ2v) is 5.78. The van der Waals surface area contributed by atoms with Crippen LogP contribution in [0.25, 0.3) is 0 Å². The average molecular weight is 245 g/mol. The first kappa shape index (κ1) is 12.2. The van der Waals surface area contributed by atoms with E-state index in [1.54, 1.807) is 0 Å². The SMILES string of the molecule is CC(NC1CC(c2ccccc2)C1)C1CCCO1. The molecule has 1 aromatic rings. The molecule has 1 heterocycles. The fraction of sp³-hybridized carbons (Fsp3) is 0.625. The number of benzene rings is 1. The lowest BCUT2D eigenvalue weighted by molar-refractivity contribution is 0.0731. The van der Waals surface area contributed by atoms with Crippen LogP contribution in [-0.4, -0.2) is 24.8 Å². The third-order valence-corrected chi connectivity index (χ3v) is 4.43. The molecule has 1 saturated heterocycles. The van der Waals surface area contributed by atoms with Gasteiger partial charge < -0.3 is 10.1 Å². The van der Waals surface area contributed by atoms with Crippen molar-refractivity contribution in [3.05, 3.63) is 35.9 Å².